The van der Waals surface area contributed by atoms with E-state index in [1.807, 2.05) is 6.08 Å². The molecule has 7 unspecified atom stereocenters. The monoisotopic (exact) mass is 1190 g/mol. The predicted molar refractivity (Wildman–Crippen MR) is 364 cm³/mol. The zero-order valence-corrected chi connectivity index (χ0v) is 54.6. The number of hydrogen-bond acceptors (Lipinski definition) is 8. The van der Waals surface area contributed by atoms with Gasteiger partial charge in [-0.15, -0.1) is 0 Å². The van der Waals surface area contributed by atoms with E-state index in [-0.39, 0.29) is 12.5 Å². The van der Waals surface area contributed by atoms with E-state index in [1.54, 1.807) is 6.08 Å². The van der Waals surface area contributed by atoms with Crippen molar-refractivity contribution >= 4 is 5.91 Å². The van der Waals surface area contributed by atoms with Gasteiger partial charge in [0.2, 0.25) is 5.91 Å². The molecule has 0 aromatic carbocycles. The standard InChI is InChI=1S/C76H131NO8/c1-3-5-7-9-11-13-15-17-19-21-23-25-27-29-30-31-32-33-34-35-36-37-38-39-40-42-44-46-48-50-52-54-56-58-60-62-64-66-72(80)77-69(68-84-76-75(83)74(82)73(81)71(67-78)85-76)70(79)65-63-61-59-57-55-53-51-49-47-45-43-41-28-26-24-22-20-18-16-14-12-10-8-6-4-2/h5,7,11,13,17,19,23,25,29-30,32-33,35-36,47,49,55,57,63,65,69-71,73-76,78-79,81-83H,3-4,6,8-10,12,14-16,18,20-22,24,26-28,31,34,37-46,48,50-54,56,58-62,64,66-68H2,1-2H3,(H,77,80)/b7-5-,13-11-,19-17-,25-23-,30-29-,33-32-,36-35-,49-47+,57-55+,65-63+. The summed E-state index contributed by atoms with van der Waals surface area (Å²) in [6.45, 7) is 3.66. The van der Waals surface area contributed by atoms with Crippen LogP contribution in [0.5, 0.6) is 0 Å². The molecule has 0 bridgehead atoms. The van der Waals surface area contributed by atoms with Gasteiger partial charge in [0.1, 0.15) is 24.4 Å². The van der Waals surface area contributed by atoms with Crippen LogP contribution >= 0.6 is 0 Å². The molecule has 1 amide bonds. The summed E-state index contributed by atoms with van der Waals surface area (Å²) in [5.41, 5.74) is 0. The smallest absolute Gasteiger partial charge is 0.220 e. The molecular formula is C76H131NO8. The van der Waals surface area contributed by atoms with Crippen molar-refractivity contribution in [2.45, 2.75) is 339 Å². The van der Waals surface area contributed by atoms with Crippen LogP contribution in [0, 0.1) is 0 Å². The average molecular weight is 1190 g/mol. The van der Waals surface area contributed by atoms with Crippen molar-refractivity contribution in [3.8, 4) is 0 Å². The SMILES string of the molecule is CC/C=C\C/C=C\C/C=C\C/C=C\C/C=C\C/C=C\C/C=C\CCCCCCCCCCCCCCCCCC(=O)NC(COC1OC(CO)C(O)C(O)C1O)C(O)/C=C/CC/C=C/CC/C=C/CCCCCCCCCCCCCCCCC. The number of unbranched alkanes of at least 4 members (excludes halogenated alkanes) is 32. The third-order valence-corrected chi connectivity index (χ3v) is 16.0. The minimum atomic E-state index is -1.58. The van der Waals surface area contributed by atoms with Gasteiger partial charge in [0.15, 0.2) is 6.29 Å². The van der Waals surface area contributed by atoms with E-state index >= 15 is 0 Å². The van der Waals surface area contributed by atoms with Gasteiger partial charge < -0.3 is 40.3 Å². The first-order valence-electron chi connectivity index (χ1n) is 35.3. The molecule has 1 fully saturated rings. The van der Waals surface area contributed by atoms with Crippen LogP contribution in [0.1, 0.15) is 296 Å². The van der Waals surface area contributed by atoms with Gasteiger partial charge in [0.25, 0.3) is 0 Å². The summed E-state index contributed by atoms with van der Waals surface area (Å²) in [6.07, 6.45) is 88.7. The van der Waals surface area contributed by atoms with Crippen LogP contribution < -0.4 is 5.32 Å². The van der Waals surface area contributed by atoms with Crippen LogP contribution in [-0.4, -0.2) is 87.5 Å². The summed E-state index contributed by atoms with van der Waals surface area (Å²) in [7, 11) is 0. The van der Waals surface area contributed by atoms with Gasteiger partial charge >= 0.3 is 0 Å². The third-order valence-electron chi connectivity index (χ3n) is 16.0. The lowest BCUT2D eigenvalue weighted by molar-refractivity contribution is -0.302. The van der Waals surface area contributed by atoms with Crippen LogP contribution in [0.15, 0.2) is 122 Å². The fraction of sp³-hybridized carbons (Fsp3) is 0.724. The minimum absolute atomic E-state index is 0.192. The molecule has 7 atom stereocenters. The lowest BCUT2D eigenvalue weighted by Gasteiger charge is -2.40. The lowest BCUT2D eigenvalue weighted by Crippen LogP contribution is -2.60. The molecule has 0 radical (unpaired) electrons. The van der Waals surface area contributed by atoms with Gasteiger partial charge in [0.05, 0.1) is 25.4 Å². The number of rotatable bonds is 60. The van der Waals surface area contributed by atoms with Crippen molar-refractivity contribution in [2.75, 3.05) is 13.2 Å². The van der Waals surface area contributed by atoms with Gasteiger partial charge in [0, 0.05) is 6.42 Å². The van der Waals surface area contributed by atoms with E-state index < -0.39 is 49.5 Å². The highest BCUT2D eigenvalue weighted by Gasteiger charge is 2.44. The first-order valence-corrected chi connectivity index (χ1v) is 35.3. The second-order valence-electron chi connectivity index (χ2n) is 23.9. The summed E-state index contributed by atoms with van der Waals surface area (Å²) in [5.74, 6) is -0.192. The van der Waals surface area contributed by atoms with Crippen LogP contribution in [0.3, 0.4) is 0 Å². The summed E-state index contributed by atoms with van der Waals surface area (Å²) >= 11 is 0. The van der Waals surface area contributed by atoms with E-state index in [9.17, 15) is 30.3 Å². The quantitative estimate of drug-likeness (QED) is 0.0261. The Morgan fingerprint density at radius 1 is 0.412 bits per heavy atom. The van der Waals surface area contributed by atoms with Gasteiger partial charge in [-0.3, -0.25) is 4.79 Å². The van der Waals surface area contributed by atoms with E-state index in [0.717, 1.165) is 89.9 Å². The Hall–Kier alpha value is -3.41. The van der Waals surface area contributed by atoms with Crippen molar-refractivity contribution < 1.29 is 39.8 Å². The zero-order valence-electron chi connectivity index (χ0n) is 54.6. The number of carbonyl (C=O) groups is 1. The Kier molecular flexibility index (Phi) is 59.6. The molecule has 1 aliphatic heterocycles. The molecule has 1 heterocycles. The molecule has 0 aromatic rings. The zero-order chi connectivity index (χ0) is 61.4. The number of aliphatic hydroxyl groups excluding tert-OH is 5. The number of ether oxygens (including phenoxy) is 2. The summed E-state index contributed by atoms with van der Waals surface area (Å²) in [6, 6.07) is -0.837. The first kappa shape index (κ1) is 79.6. The number of nitrogens with one attached hydrogen (secondary N) is 1. The Balaban J connectivity index is 2.16. The maximum absolute atomic E-state index is 13.1. The summed E-state index contributed by atoms with van der Waals surface area (Å²) in [4.78, 5) is 13.1. The normalized spacial score (nSPS) is 18.9. The molecule has 1 saturated heterocycles. The number of hydrogen-bond donors (Lipinski definition) is 6. The largest absolute Gasteiger partial charge is 0.394 e. The average Bonchev–Trinajstić information content (AvgIpc) is 3.57. The number of carbonyl (C=O) groups excluding carboxylic acids is 1. The fourth-order valence-corrected chi connectivity index (χ4v) is 10.5. The molecule has 488 valence electrons. The van der Waals surface area contributed by atoms with Gasteiger partial charge in [-0.1, -0.05) is 309 Å². The van der Waals surface area contributed by atoms with Crippen molar-refractivity contribution in [1.29, 1.82) is 0 Å². The van der Waals surface area contributed by atoms with Crippen molar-refractivity contribution in [3.63, 3.8) is 0 Å². The molecule has 0 aliphatic carbocycles. The number of allylic oxidation sites excluding steroid dienone is 19. The first-order chi connectivity index (χ1) is 41.8. The maximum atomic E-state index is 13.1. The minimum Gasteiger partial charge on any atom is -0.394 e. The van der Waals surface area contributed by atoms with E-state index in [1.165, 1.54) is 186 Å². The molecule has 6 N–H and O–H groups in total. The summed E-state index contributed by atoms with van der Waals surface area (Å²) in [5, 5.41) is 54.7. The van der Waals surface area contributed by atoms with Crippen LogP contribution in [0.4, 0.5) is 0 Å². The molecular weight excluding hydrogens is 1050 g/mol. The molecule has 0 spiro atoms. The number of aliphatic hydroxyl groups is 5. The van der Waals surface area contributed by atoms with Gasteiger partial charge in [-0.05, 0) is 103 Å². The Morgan fingerprint density at radius 2 is 0.741 bits per heavy atom. The van der Waals surface area contributed by atoms with E-state index in [2.05, 4.69) is 129 Å². The fourth-order valence-electron chi connectivity index (χ4n) is 10.5. The third kappa shape index (κ3) is 52.3. The Bertz CT molecular complexity index is 1760. The second-order valence-corrected chi connectivity index (χ2v) is 23.9. The van der Waals surface area contributed by atoms with Crippen molar-refractivity contribution in [3.05, 3.63) is 122 Å². The van der Waals surface area contributed by atoms with Crippen molar-refractivity contribution in [1.82, 2.24) is 5.32 Å². The van der Waals surface area contributed by atoms with Gasteiger partial charge in [-0.25, -0.2) is 0 Å². The molecule has 1 rings (SSSR count). The topological polar surface area (TPSA) is 149 Å². The summed E-state index contributed by atoms with van der Waals surface area (Å²) < 4.78 is 11.3. The molecule has 9 heteroatoms. The maximum Gasteiger partial charge on any atom is 0.220 e. The Labute approximate surface area is 522 Å². The van der Waals surface area contributed by atoms with Gasteiger partial charge in [-0.2, -0.15) is 0 Å². The van der Waals surface area contributed by atoms with Crippen LogP contribution in [0.2, 0.25) is 0 Å². The Morgan fingerprint density at radius 3 is 1.13 bits per heavy atom. The lowest BCUT2D eigenvalue weighted by atomic mass is 9.99. The predicted octanol–water partition coefficient (Wildman–Crippen LogP) is 19.4. The highest BCUT2D eigenvalue weighted by molar-refractivity contribution is 5.76. The highest BCUT2D eigenvalue weighted by atomic mass is 16.7. The molecule has 1 aliphatic rings. The molecule has 0 saturated carbocycles. The van der Waals surface area contributed by atoms with Crippen LogP contribution in [0.25, 0.3) is 0 Å². The number of amides is 1. The van der Waals surface area contributed by atoms with E-state index in [4.69, 9.17) is 9.47 Å². The molecule has 0 aromatic heterocycles. The highest BCUT2D eigenvalue weighted by Crippen LogP contribution is 2.23. The van der Waals surface area contributed by atoms with Crippen LogP contribution in [-0.2, 0) is 14.3 Å². The van der Waals surface area contributed by atoms with Crippen molar-refractivity contribution in [2.24, 2.45) is 0 Å². The second kappa shape index (κ2) is 63.6. The molecule has 85 heavy (non-hydrogen) atoms. The molecule has 9 nitrogen and oxygen atoms in total. The van der Waals surface area contributed by atoms with E-state index in [0.29, 0.717) is 6.42 Å².